The van der Waals surface area contributed by atoms with E-state index >= 15 is 0 Å². The van der Waals surface area contributed by atoms with Crippen molar-refractivity contribution >= 4 is 17.9 Å². The standard InChI is InChI=1S/C52H100O6/c1-5-7-9-11-13-15-17-19-21-23-25-27-29-31-37-41-45-52(55)58-49(47-57-51(54)44-40-36-33-32-34-38-42-48(3)4)46-56-50(53)43-39-35-30-28-26-24-22-20-18-16-14-12-10-8-6-2/h48-49H,5-47H2,1-4H3/t49-/m1/s1. The Hall–Kier alpha value is -1.59. The lowest BCUT2D eigenvalue weighted by Gasteiger charge is -2.18. The first-order valence-corrected chi connectivity index (χ1v) is 25.9. The Morgan fingerprint density at radius 1 is 0.328 bits per heavy atom. The van der Waals surface area contributed by atoms with Crippen LogP contribution in [0.4, 0.5) is 0 Å². The van der Waals surface area contributed by atoms with E-state index in [1.807, 2.05) is 0 Å². The van der Waals surface area contributed by atoms with Crippen molar-refractivity contribution < 1.29 is 28.6 Å². The lowest BCUT2D eigenvalue weighted by Crippen LogP contribution is -2.30. The molecule has 0 aliphatic carbocycles. The number of rotatable bonds is 47. The number of ether oxygens (including phenoxy) is 3. The summed E-state index contributed by atoms with van der Waals surface area (Å²) in [6.45, 7) is 8.96. The van der Waals surface area contributed by atoms with Gasteiger partial charge in [0.2, 0.25) is 0 Å². The molecule has 0 N–H and O–H groups in total. The summed E-state index contributed by atoms with van der Waals surface area (Å²) in [6.07, 6.45) is 48.1. The van der Waals surface area contributed by atoms with Crippen LogP contribution in [-0.4, -0.2) is 37.2 Å². The number of hydrogen-bond acceptors (Lipinski definition) is 6. The Bertz CT molecular complexity index is 872. The van der Waals surface area contributed by atoms with Gasteiger partial charge < -0.3 is 14.2 Å². The molecule has 0 radical (unpaired) electrons. The van der Waals surface area contributed by atoms with Crippen LogP contribution in [0.3, 0.4) is 0 Å². The Morgan fingerprint density at radius 2 is 0.569 bits per heavy atom. The minimum absolute atomic E-state index is 0.0636. The lowest BCUT2D eigenvalue weighted by atomic mass is 10.0. The molecule has 0 aliphatic heterocycles. The van der Waals surface area contributed by atoms with Crippen molar-refractivity contribution in [1.82, 2.24) is 0 Å². The highest BCUT2D eigenvalue weighted by Crippen LogP contribution is 2.17. The van der Waals surface area contributed by atoms with Gasteiger partial charge in [-0.1, -0.05) is 252 Å². The molecule has 0 amide bonds. The van der Waals surface area contributed by atoms with E-state index in [-0.39, 0.29) is 31.1 Å². The van der Waals surface area contributed by atoms with E-state index in [9.17, 15) is 14.4 Å². The maximum atomic E-state index is 12.8. The maximum absolute atomic E-state index is 12.8. The molecule has 0 unspecified atom stereocenters. The van der Waals surface area contributed by atoms with Crippen molar-refractivity contribution in [2.45, 2.75) is 297 Å². The third-order valence-electron chi connectivity index (χ3n) is 11.8. The second-order valence-electron chi connectivity index (χ2n) is 18.3. The van der Waals surface area contributed by atoms with E-state index in [1.54, 1.807) is 0 Å². The maximum Gasteiger partial charge on any atom is 0.306 e. The summed E-state index contributed by atoms with van der Waals surface area (Å²) in [5.41, 5.74) is 0. The second kappa shape index (κ2) is 46.5. The van der Waals surface area contributed by atoms with Gasteiger partial charge in [-0.2, -0.15) is 0 Å². The quantitative estimate of drug-likeness (QED) is 0.0346. The Labute approximate surface area is 361 Å². The molecule has 0 saturated heterocycles. The molecule has 6 nitrogen and oxygen atoms in total. The number of carbonyl (C=O) groups excluding carboxylic acids is 3. The van der Waals surface area contributed by atoms with Gasteiger partial charge >= 0.3 is 17.9 Å². The Balaban J connectivity index is 4.26. The number of esters is 3. The summed E-state index contributed by atoms with van der Waals surface area (Å²) in [6, 6.07) is 0. The fourth-order valence-electron chi connectivity index (χ4n) is 7.86. The molecule has 0 aromatic carbocycles. The predicted octanol–water partition coefficient (Wildman–Crippen LogP) is 16.7. The van der Waals surface area contributed by atoms with Gasteiger partial charge in [0.1, 0.15) is 13.2 Å². The van der Waals surface area contributed by atoms with Crippen LogP contribution in [0.5, 0.6) is 0 Å². The van der Waals surface area contributed by atoms with E-state index in [0.29, 0.717) is 19.3 Å². The fourth-order valence-corrected chi connectivity index (χ4v) is 7.86. The van der Waals surface area contributed by atoms with Crippen molar-refractivity contribution in [2.24, 2.45) is 5.92 Å². The van der Waals surface area contributed by atoms with Gasteiger partial charge in [0.25, 0.3) is 0 Å². The van der Waals surface area contributed by atoms with Crippen LogP contribution in [0.15, 0.2) is 0 Å². The molecular formula is C52H100O6. The van der Waals surface area contributed by atoms with Crippen LogP contribution < -0.4 is 0 Å². The SMILES string of the molecule is CCCCCCCCCCCCCCCCCCC(=O)O[C@H](COC(=O)CCCCCCCCCCCCCCCCC)COC(=O)CCCCCCCCC(C)C. The normalized spacial score (nSPS) is 11.9. The van der Waals surface area contributed by atoms with E-state index in [0.717, 1.165) is 63.7 Å². The van der Waals surface area contributed by atoms with Crippen LogP contribution in [0.25, 0.3) is 0 Å². The Kier molecular flexibility index (Phi) is 45.2. The average Bonchev–Trinajstić information content (AvgIpc) is 3.21. The predicted molar refractivity (Wildman–Crippen MR) is 247 cm³/mol. The molecule has 0 aromatic heterocycles. The van der Waals surface area contributed by atoms with E-state index in [1.165, 1.54) is 186 Å². The topological polar surface area (TPSA) is 78.9 Å². The first kappa shape index (κ1) is 56.4. The smallest absolute Gasteiger partial charge is 0.306 e. The third-order valence-corrected chi connectivity index (χ3v) is 11.8. The summed E-state index contributed by atoms with van der Waals surface area (Å²) >= 11 is 0. The molecule has 0 heterocycles. The number of unbranched alkanes of at least 4 members (excludes halogenated alkanes) is 34. The molecule has 344 valence electrons. The van der Waals surface area contributed by atoms with Crippen LogP contribution >= 0.6 is 0 Å². The minimum atomic E-state index is -0.761. The van der Waals surface area contributed by atoms with Gasteiger partial charge in [-0.25, -0.2) is 0 Å². The van der Waals surface area contributed by atoms with Crippen LogP contribution in [0.1, 0.15) is 291 Å². The van der Waals surface area contributed by atoms with E-state index in [2.05, 4.69) is 27.7 Å². The van der Waals surface area contributed by atoms with Gasteiger partial charge in [-0.05, 0) is 25.2 Å². The van der Waals surface area contributed by atoms with Crippen molar-refractivity contribution in [1.29, 1.82) is 0 Å². The molecule has 0 aromatic rings. The first-order chi connectivity index (χ1) is 28.4. The number of hydrogen-bond donors (Lipinski definition) is 0. The van der Waals surface area contributed by atoms with E-state index < -0.39 is 6.10 Å². The molecule has 0 fully saturated rings. The van der Waals surface area contributed by atoms with Crippen LogP contribution in [-0.2, 0) is 28.6 Å². The number of carbonyl (C=O) groups is 3. The van der Waals surface area contributed by atoms with Crippen LogP contribution in [0.2, 0.25) is 0 Å². The molecule has 0 bridgehead atoms. The van der Waals surface area contributed by atoms with Crippen molar-refractivity contribution in [3.63, 3.8) is 0 Å². The van der Waals surface area contributed by atoms with Gasteiger partial charge in [-0.3, -0.25) is 14.4 Å². The molecule has 0 aliphatic rings. The lowest BCUT2D eigenvalue weighted by molar-refractivity contribution is -0.167. The zero-order valence-electron chi connectivity index (χ0n) is 39.5. The molecule has 0 spiro atoms. The molecule has 0 rings (SSSR count). The average molecular weight is 821 g/mol. The first-order valence-electron chi connectivity index (χ1n) is 25.9. The fraction of sp³-hybridized carbons (Fsp3) is 0.942. The van der Waals surface area contributed by atoms with Gasteiger partial charge in [0.05, 0.1) is 0 Å². The Morgan fingerprint density at radius 3 is 0.845 bits per heavy atom. The largest absolute Gasteiger partial charge is 0.462 e. The zero-order chi connectivity index (χ0) is 42.4. The molecule has 6 heteroatoms. The van der Waals surface area contributed by atoms with Crippen molar-refractivity contribution in [2.75, 3.05) is 13.2 Å². The van der Waals surface area contributed by atoms with Crippen LogP contribution in [0, 0.1) is 5.92 Å². The van der Waals surface area contributed by atoms with Crippen molar-refractivity contribution in [3.05, 3.63) is 0 Å². The second-order valence-corrected chi connectivity index (χ2v) is 18.3. The highest BCUT2D eigenvalue weighted by Gasteiger charge is 2.19. The van der Waals surface area contributed by atoms with Crippen molar-refractivity contribution in [3.8, 4) is 0 Å². The zero-order valence-corrected chi connectivity index (χ0v) is 39.5. The highest BCUT2D eigenvalue weighted by atomic mass is 16.6. The third kappa shape index (κ3) is 45.5. The summed E-state index contributed by atoms with van der Waals surface area (Å²) in [5.74, 6) is -0.0858. The summed E-state index contributed by atoms with van der Waals surface area (Å²) in [4.78, 5) is 37.9. The van der Waals surface area contributed by atoms with E-state index in [4.69, 9.17) is 14.2 Å². The monoisotopic (exact) mass is 821 g/mol. The molecule has 0 saturated carbocycles. The minimum Gasteiger partial charge on any atom is -0.462 e. The van der Waals surface area contributed by atoms with Gasteiger partial charge in [0.15, 0.2) is 6.10 Å². The summed E-state index contributed by atoms with van der Waals surface area (Å²) in [7, 11) is 0. The summed E-state index contributed by atoms with van der Waals surface area (Å²) < 4.78 is 16.8. The molecular weight excluding hydrogens is 721 g/mol. The molecule has 58 heavy (non-hydrogen) atoms. The summed E-state index contributed by atoms with van der Waals surface area (Å²) in [5, 5.41) is 0. The van der Waals surface area contributed by atoms with Gasteiger partial charge in [-0.15, -0.1) is 0 Å². The van der Waals surface area contributed by atoms with Gasteiger partial charge in [0, 0.05) is 19.3 Å². The highest BCUT2D eigenvalue weighted by molar-refractivity contribution is 5.71. The molecule has 1 atom stereocenters.